The number of ether oxygens (including phenoxy) is 2. The zero-order valence-electron chi connectivity index (χ0n) is 15.5. The standard InChI is InChI=1S/C21H21ClN2O3/c1-4-9-27-18-7-6-15(11-19(18)26-3)10-16(22)17-12-21(25)24-13-14(2)5-8-20(24)23-17/h5-8,10-13H,4,9H2,1-3H3/b16-10-. The quantitative estimate of drug-likeness (QED) is 0.626. The molecule has 0 fully saturated rings. The van der Waals surface area contributed by atoms with Crippen LogP contribution in [0.3, 0.4) is 0 Å². The Balaban J connectivity index is 1.96. The van der Waals surface area contributed by atoms with Gasteiger partial charge in [-0.1, -0.05) is 30.7 Å². The van der Waals surface area contributed by atoms with Gasteiger partial charge < -0.3 is 9.47 Å². The third kappa shape index (κ3) is 4.31. The third-order valence-electron chi connectivity index (χ3n) is 3.99. The van der Waals surface area contributed by atoms with E-state index in [0.29, 0.717) is 34.5 Å². The number of halogens is 1. The van der Waals surface area contributed by atoms with E-state index in [1.54, 1.807) is 25.4 Å². The zero-order valence-corrected chi connectivity index (χ0v) is 16.3. The van der Waals surface area contributed by atoms with E-state index < -0.39 is 0 Å². The molecule has 0 atom stereocenters. The second-order valence-electron chi connectivity index (χ2n) is 6.17. The Morgan fingerprint density at radius 3 is 2.78 bits per heavy atom. The van der Waals surface area contributed by atoms with Crippen molar-refractivity contribution in [3.63, 3.8) is 0 Å². The fraction of sp³-hybridized carbons (Fsp3) is 0.238. The zero-order chi connectivity index (χ0) is 19.4. The van der Waals surface area contributed by atoms with Gasteiger partial charge >= 0.3 is 0 Å². The molecule has 0 spiro atoms. The summed E-state index contributed by atoms with van der Waals surface area (Å²) in [5.74, 6) is 1.31. The summed E-state index contributed by atoms with van der Waals surface area (Å²) in [6, 6.07) is 10.7. The highest BCUT2D eigenvalue weighted by atomic mass is 35.5. The molecule has 6 heteroatoms. The van der Waals surface area contributed by atoms with E-state index in [2.05, 4.69) is 4.98 Å². The van der Waals surface area contributed by atoms with Crippen LogP contribution in [0.1, 0.15) is 30.2 Å². The molecular weight excluding hydrogens is 364 g/mol. The van der Waals surface area contributed by atoms with E-state index >= 15 is 0 Å². The highest BCUT2D eigenvalue weighted by Gasteiger charge is 2.08. The number of methoxy groups -OCH3 is 1. The molecule has 0 aliphatic heterocycles. The van der Waals surface area contributed by atoms with Crippen molar-refractivity contribution < 1.29 is 9.47 Å². The van der Waals surface area contributed by atoms with Gasteiger partial charge in [0.05, 0.1) is 24.4 Å². The topological polar surface area (TPSA) is 52.8 Å². The molecular formula is C21H21ClN2O3. The van der Waals surface area contributed by atoms with Crippen LogP contribution in [0.2, 0.25) is 0 Å². The van der Waals surface area contributed by atoms with Crippen molar-refractivity contribution in [3.05, 3.63) is 69.8 Å². The van der Waals surface area contributed by atoms with Gasteiger partial charge in [-0.25, -0.2) is 4.98 Å². The molecule has 27 heavy (non-hydrogen) atoms. The first-order valence-electron chi connectivity index (χ1n) is 8.70. The lowest BCUT2D eigenvalue weighted by Crippen LogP contribution is -2.15. The Hall–Kier alpha value is -2.79. The molecule has 3 aromatic rings. The summed E-state index contributed by atoms with van der Waals surface area (Å²) in [5, 5.41) is 0.374. The molecule has 0 N–H and O–H groups in total. The van der Waals surface area contributed by atoms with Gasteiger partial charge in [0.1, 0.15) is 5.65 Å². The molecule has 0 aliphatic rings. The van der Waals surface area contributed by atoms with Crippen LogP contribution in [0.4, 0.5) is 0 Å². The molecule has 2 aromatic heterocycles. The summed E-state index contributed by atoms with van der Waals surface area (Å²) < 4.78 is 12.6. The smallest absolute Gasteiger partial charge is 0.258 e. The van der Waals surface area contributed by atoms with Crippen LogP contribution in [-0.4, -0.2) is 23.1 Å². The maximum Gasteiger partial charge on any atom is 0.258 e. The lowest BCUT2D eigenvalue weighted by molar-refractivity contribution is 0.294. The first-order valence-corrected chi connectivity index (χ1v) is 9.08. The fourth-order valence-corrected chi connectivity index (χ4v) is 2.88. The second kappa shape index (κ2) is 8.27. The predicted molar refractivity (Wildman–Crippen MR) is 109 cm³/mol. The Morgan fingerprint density at radius 2 is 2.04 bits per heavy atom. The molecule has 2 heterocycles. The van der Waals surface area contributed by atoms with Crippen LogP contribution >= 0.6 is 11.6 Å². The van der Waals surface area contributed by atoms with E-state index in [4.69, 9.17) is 21.1 Å². The first-order chi connectivity index (χ1) is 13.0. The van der Waals surface area contributed by atoms with Crippen molar-refractivity contribution in [2.45, 2.75) is 20.3 Å². The summed E-state index contributed by atoms with van der Waals surface area (Å²) in [6.07, 6.45) is 4.42. The maximum atomic E-state index is 12.4. The van der Waals surface area contributed by atoms with Crippen molar-refractivity contribution in [2.75, 3.05) is 13.7 Å². The molecule has 5 nitrogen and oxygen atoms in total. The van der Waals surface area contributed by atoms with Crippen molar-refractivity contribution in [1.82, 2.24) is 9.38 Å². The Kier molecular flexibility index (Phi) is 5.81. The van der Waals surface area contributed by atoms with Crippen LogP contribution in [0.15, 0.2) is 47.4 Å². The van der Waals surface area contributed by atoms with Gasteiger partial charge in [0, 0.05) is 12.3 Å². The number of aromatic nitrogens is 2. The molecule has 0 saturated heterocycles. The highest BCUT2D eigenvalue weighted by Crippen LogP contribution is 2.30. The first kappa shape index (κ1) is 19.0. The van der Waals surface area contributed by atoms with E-state index in [9.17, 15) is 4.79 Å². The minimum Gasteiger partial charge on any atom is -0.493 e. The van der Waals surface area contributed by atoms with Crippen molar-refractivity contribution in [3.8, 4) is 11.5 Å². The van der Waals surface area contributed by atoms with E-state index in [1.807, 2.05) is 38.1 Å². The van der Waals surface area contributed by atoms with Gasteiger partial charge in [-0.3, -0.25) is 9.20 Å². The number of hydrogen-bond acceptors (Lipinski definition) is 4. The Morgan fingerprint density at radius 1 is 1.22 bits per heavy atom. The molecule has 0 bridgehead atoms. The second-order valence-corrected chi connectivity index (χ2v) is 6.57. The number of pyridine rings is 1. The Bertz CT molecular complexity index is 1060. The summed E-state index contributed by atoms with van der Waals surface area (Å²) in [5.41, 5.74) is 2.61. The molecule has 0 radical (unpaired) electrons. The number of hydrogen-bond donors (Lipinski definition) is 0. The van der Waals surface area contributed by atoms with Gasteiger partial charge in [-0.15, -0.1) is 0 Å². The van der Waals surface area contributed by atoms with Crippen molar-refractivity contribution in [2.24, 2.45) is 0 Å². The average Bonchev–Trinajstić information content (AvgIpc) is 2.67. The molecule has 1 aromatic carbocycles. The lowest BCUT2D eigenvalue weighted by atomic mass is 10.1. The monoisotopic (exact) mass is 384 g/mol. The summed E-state index contributed by atoms with van der Waals surface area (Å²) >= 11 is 6.44. The maximum absolute atomic E-state index is 12.4. The van der Waals surface area contributed by atoms with Crippen molar-refractivity contribution in [1.29, 1.82) is 0 Å². The Labute approximate surface area is 162 Å². The van der Waals surface area contributed by atoms with Crippen LogP contribution in [0, 0.1) is 6.92 Å². The number of benzene rings is 1. The van der Waals surface area contributed by atoms with E-state index in [-0.39, 0.29) is 5.56 Å². The van der Waals surface area contributed by atoms with Gasteiger partial charge in [-0.05, 0) is 48.7 Å². The molecule has 3 rings (SSSR count). The highest BCUT2D eigenvalue weighted by molar-refractivity contribution is 6.51. The number of rotatable bonds is 6. The fourth-order valence-electron chi connectivity index (χ4n) is 2.66. The largest absolute Gasteiger partial charge is 0.493 e. The van der Waals surface area contributed by atoms with Crippen LogP contribution in [0.5, 0.6) is 11.5 Å². The lowest BCUT2D eigenvalue weighted by Gasteiger charge is -2.10. The van der Waals surface area contributed by atoms with Gasteiger partial charge in [0.2, 0.25) is 0 Å². The third-order valence-corrected chi connectivity index (χ3v) is 4.30. The summed E-state index contributed by atoms with van der Waals surface area (Å²) in [7, 11) is 1.59. The van der Waals surface area contributed by atoms with E-state index in [0.717, 1.165) is 17.5 Å². The number of nitrogens with zero attached hydrogens (tertiary/aromatic N) is 2. The van der Waals surface area contributed by atoms with Crippen molar-refractivity contribution >= 4 is 28.4 Å². The molecule has 0 saturated carbocycles. The summed E-state index contributed by atoms with van der Waals surface area (Å²) in [4.78, 5) is 16.8. The normalized spacial score (nSPS) is 11.6. The molecule has 140 valence electrons. The molecule has 0 amide bonds. The predicted octanol–water partition coefficient (Wildman–Crippen LogP) is 4.54. The molecule has 0 aliphatic carbocycles. The average molecular weight is 385 g/mol. The van der Waals surface area contributed by atoms with Gasteiger partial charge in [-0.2, -0.15) is 0 Å². The van der Waals surface area contributed by atoms with E-state index in [1.165, 1.54) is 10.5 Å². The van der Waals surface area contributed by atoms with Crippen LogP contribution in [0.25, 0.3) is 16.8 Å². The minimum atomic E-state index is -0.175. The van der Waals surface area contributed by atoms with Gasteiger partial charge in [0.25, 0.3) is 5.56 Å². The number of aryl methyl sites for hydroxylation is 1. The van der Waals surface area contributed by atoms with Crippen LogP contribution in [-0.2, 0) is 0 Å². The molecule has 0 unspecified atom stereocenters. The summed E-state index contributed by atoms with van der Waals surface area (Å²) in [6.45, 7) is 4.59. The minimum absolute atomic E-state index is 0.175. The van der Waals surface area contributed by atoms with Gasteiger partial charge in [0.15, 0.2) is 11.5 Å². The number of fused-ring (bicyclic) bond motifs is 1. The SMILES string of the molecule is CCCOc1ccc(/C=C(\Cl)c2cc(=O)n3cc(C)ccc3n2)cc1OC. The van der Waals surface area contributed by atoms with Crippen LogP contribution < -0.4 is 15.0 Å².